The van der Waals surface area contributed by atoms with E-state index in [1.807, 2.05) is 4.72 Å². The highest BCUT2D eigenvalue weighted by atomic mass is 32.2. The first-order chi connectivity index (χ1) is 13.4. The van der Waals surface area contributed by atoms with E-state index in [9.17, 15) is 30.4 Å². The third-order valence-electron chi connectivity index (χ3n) is 3.54. The smallest absolute Gasteiger partial charge is 0.415 e. The van der Waals surface area contributed by atoms with Gasteiger partial charge in [0.1, 0.15) is 17.3 Å². The van der Waals surface area contributed by atoms with Gasteiger partial charge in [0.25, 0.3) is 0 Å². The van der Waals surface area contributed by atoms with Crippen molar-refractivity contribution in [1.29, 1.82) is 0 Å². The number of rotatable bonds is 8. The Kier molecular flexibility index (Phi) is 6.97. The van der Waals surface area contributed by atoms with E-state index in [1.54, 1.807) is 0 Å². The fourth-order valence-electron chi connectivity index (χ4n) is 2.07. The van der Waals surface area contributed by atoms with Gasteiger partial charge in [-0.05, 0) is 24.3 Å². The van der Waals surface area contributed by atoms with Crippen molar-refractivity contribution >= 4 is 16.0 Å². The summed E-state index contributed by atoms with van der Waals surface area (Å²) in [6, 6.07) is 5.24. The number of halogens is 5. The number of alkyl halides is 3. The number of aliphatic hydroxyl groups is 1. The maximum Gasteiger partial charge on any atom is 0.415 e. The molecular formula is C16H16F5N3O4S. The number of pyridine rings is 1. The Labute approximate surface area is 162 Å². The average Bonchev–Trinajstić information content (AvgIpc) is 2.63. The summed E-state index contributed by atoms with van der Waals surface area (Å²) in [6.07, 6.45) is -6.75. The molecule has 0 bridgehead atoms. The van der Waals surface area contributed by atoms with E-state index in [4.69, 9.17) is 9.84 Å². The van der Waals surface area contributed by atoms with E-state index >= 15 is 0 Å². The van der Waals surface area contributed by atoms with Gasteiger partial charge in [0.15, 0.2) is 17.7 Å². The van der Waals surface area contributed by atoms with Gasteiger partial charge >= 0.3 is 16.4 Å². The van der Waals surface area contributed by atoms with Crippen LogP contribution in [0.2, 0.25) is 0 Å². The number of ether oxygens (including phenoxy) is 1. The Morgan fingerprint density at radius 3 is 2.34 bits per heavy atom. The number of anilines is 1. The molecule has 1 unspecified atom stereocenters. The molecule has 7 nitrogen and oxygen atoms in total. The highest BCUT2D eigenvalue weighted by molar-refractivity contribution is 7.90. The van der Waals surface area contributed by atoms with Gasteiger partial charge in [-0.15, -0.1) is 0 Å². The Morgan fingerprint density at radius 1 is 1.17 bits per heavy atom. The molecule has 0 radical (unpaired) electrons. The molecule has 29 heavy (non-hydrogen) atoms. The Morgan fingerprint density at radius 2 is 1.83 bits per heavy atom. The van der Waals surface area contributed by atoms with Crippen molar-refractivity contribution in [2.45, 2.75) is 19.2 Å². The third kappa shape index (κ3) is 6.24. The van der Waals surface area contributed by atoms with Crippen molar-refractivity contribution in [1.82, 2.24) is 9.29 Å². The van der Waals surface area contributed by atoms with Crippen LogP contribution in [0.15, 0.2) is 36.5 Å². The van der Waals surface area contributed by atoms with Crippen molar-refractivity contribution in [3.05, 3.63) is 48.2 Å². The molecule has 0 aliphatic rings. The monoisotopic (exact) mass is 441 g/mol. The van der Waals surface area contributed by atoms with Gasteiger partial charge in [0, 0.05) is 12.6 Å². The molecule has 0 spiro atoms. The third-order valence-corrected chi connectivity index (χ3v) is 5.10. The Bertz CT molecular complexity index is 939. The molecule has 1 aromatic carbocycles. The van der Waals surface area contributed by atoms with E-state index in [2.05, 4.69) is 4.98 Å². The van der Waals surface area contributed by atoms with Crippen LogP contribution >= 0.6 is 0 Å². The van der Waals surface area contributed by atoms with Crippen molar-refractivity contribution in [2.75, 3.05) is 17.8 Å². The number of likely N-dealkylation sites (N-methyl/N-ethyl adjacent to an activating group) is 1. The molecule has 0 fully saturated rings. The number of hydrogen-bond donors (Lipinski definition) is 2. The highest BCUT2D eigenvalue weighted by Gasteiger charge is 2.41. The maximum atomic E-state index is 13.2. The first kappa shape index (κ1) is 22.8. The fourth-order valence-corrected chi connectivity index (χ4v) is 3.26. The molecule has 2 aromatic rings. The summed E-state index contributed by atoms with van der Waals surface area (Å²) in [4.78, 5) is 3.75. The number of hydrogen-bond acceptors (Lipinski definition) is 5. The van der Waals surface area contributed by atoms with E-state index in [0.717, 1.165) is 24.4 Å². The van der Waals surface area contributed by atoms with E-state index in [-0.39, 0.29) is 23.9 Å². The van der Waals surface area contributed by atoms with Crippen molar-refractivity contribution in [2.24, 2.45) is 0 Å². The van der Waals surface area contributed by atoms with Crippen LogP contribution in [0.1, 0.15) is 6.92 Å². The van der Waals surface area contributed by atoms with Crippen LogP contribution < -0.4 is 9.46 Å². The number of nitrogens with zero attached hydrogens (tertiary/aromatic N) is 2. The minimum absolute atomic E-state index is 0.0303. The standard InChI is InChI=1S/C16H16F5N3O4S/c1-2-24(9-14(25)16(19,20)21)29(26,27)23-15-6-4-11(8-22-15)28-10-3-5-12(17)13(18)7-10/h3-8,14,25H,2,9H2,1H3,(H,22,23). The molecule has 0 saturated heterocycles. The summed E-state index contributed by atoms with van der Waals surface area (Å²) < 4.78 is 95.5. The summed E-state index contributed by atoms with van der Waals surface area (Å²) in [5, 5.41) is 9.09. The van der Waals surface area contributed by atoms with Crippen LogP contribution in [0.5, 0.6) is 11.5 Å². The summed E-state index contributed by atoms with van der Waals surface area (Å²) in [5.74, 6) is -2.38. The predicted molar refractivity (Wildman–Crippen MR) is 92.5 cm³/mol. The summed E-state index contributed by atoms with van der Waals surface area (Å²) in [7, 11) is -4.43. The summed E-state index contributed by atoms with van der Waals surface area (Å²) in [5.41, 5.74) is 0. The molecule has 0 aliphatic heterocycles. The Balaban J connectivity index is 2.07. The molecule has 2 rings (SSSR count). The van der Waals surface area contributed by atoms with Gasteiger partial charge in [0.05, 0.1) is 12.7 Å². The largest absolute Gasteiger partial charge is 0.456 e. The zero-order valence-corrected chi connectivity index (χ0v) is 15.6. The van der Waals surface area contributed by atoms with Gasteiger partial charge < -0.3 is 9.84 Å². The lowest BCUT2D eigenvalue weighted by molar-refractivity contribution is -0.205. The van der Waals surface area contributed by atoms with E-state index in [0.29, 0.717) is 4.31 Å². The van der Waals surface area contributed by atoms with E-state index in [1.165, 1.54) is 19.1 Å². The molecule has 160 valence electrons. The second-order valence-corrected chi connectivity index (χ2v) is 7.34. The number of benzene rings is 1. The first-order valence-corrected chi connectivity index (χ1v) is 9.48. The molecule has 1 heterocycles. The van der Waals surface area contributed by atoms with Crippen LogP contribution in [-0.2, 0) is 10.2 Å². The first-order valence-electron chi connectivity index (χ1n) is 8.04. The second-order valence-electron chi connectivity index (χ2n) is 5.67. The molecule has 0 saturated carbocycles. The SMILES string of the molecule is CCN(CC(O)C(F)(F)F)S(=O)(=O)Nc1ccc(Oc2ccc(F)c(F)c2)cn1. The van der Waals surface area contributed by atoms with Crippen molar-refractivity contribution in [3.63, 3.8) is 0 Å². The van der Waals surface area contributed by atoms with Gasteiger partial charge in [0.2, 0.25) is 0 Å². The van der Waals surface area contributed by atoms with Crippen LogP contribution in [0.4, 0.5) is 27.8 Å². The minimum atomic E-state index is -4.97. The second kappa shape index (κ2) is 8.88. The quantitative estimate of drug-likeness (QED) is 0.615. The van der Waals surface area contributed by atoms with Gasteiger partial charge in [-0.1, -0.05) is 6.92 Å². The molecule has 13 heteroatoms. The fraction of sp³-hybridized carbons (Fsp3) is 0.312. The normalized spacial score (nSPS) is 13.4. The lowest BCUT2D eigenvalue weighted by Gasteiger charge is -2.24. The van der Waals surface area contributed by atoms with Crippen LogP contribution in [0, 0.1) is 11.6 Å². The van der Waals surface area contributed by atoms with Crippen LogP contribution in [0.25, 0.3) is 0 Å². The summed E-state index contributed by atoms with van der Waals surface area (Å²) >= 11 is 0. The molecule has 1 aromatic heterocycles. The van der Waals surface area contributed by atoms with Crippen LogP contribution in [-0.4, -0.2) is 48.2 Å². The average molecular weight is 441 g/mol. The number of nitrogens with one attached hydrogen (secondary N) is 1. The molecule has 0 amide bonds. The predicted octanol–water partition coefficient (Wildman–Crippen LogP) is 3.05. The molecule has 2 N–H and O–H groups in total. The zero-order chi connectivity index (χ0) is 21.8. The van der Waals surface area contributed by atoms with E-state index < -0.39 is 40.7 Å². The molecule has 0 aliphatic carbocycles. The zero-order valence-electron chi connectivity index (χ0n) is 14.8. The van der Waals surface area contributed by atoms with Crippen molar-refractivity contribution < 1.29 is 40.2 Å². The number of aliphatic hydroxyl groups excluding tert-OH is 1. The van der Waals surface area contributed by atoms with Gasteiger partial charge in [-0.2, -0.15) is 25.9 Å². The van der Waals surface area contributed by atoms with Crippen LogP contribution in [0.3, 0.4) is 0 Å². The van der Waals surface area contributed by atoms with Gasteiger partial charge in [-0.3, -0.25) is 4.72 Å². The maximum absolute atomic E-state index is 13.2. The highest BCUT2D eigenvalue weighted by Crippen LogP contribution is 2.24. The minimum Gasteiger partial charge on any atom is -0.456 e. The molecular weight excluding hydrogens is 425 g/mol. The Hall–Kier alpha value is -2.51. The summed E-state index contributed by atoms with van der Waals surface area (Å²) in [6.45, 7) is -0.221. The number of aromatic nitrogens is 1. The topological polar surface area (TPSA) is 91.8 Å². The lowest BCUT2D eigenvalue weighted by atomic mass is 10.3. The lowest BCUT2D eigenvalue weighted by Crippen LogP contribution is -2.45. The molecule has 1 atom stereocenters. The van der Waals surface area contributed by atoms with Crippen molar-refractivity contribution in [3.8, 4) is 11.5 Å². The van der Waals surface area contributed by atoms with Gasteiger partial charge in [-0.25, -0.2) is 13.8 Å².